The van der Waals surface area contributed by atoms with Crippen LogP contribution in [0.5, 0.6) is 0 Å². The van der Waals surface area contributed by atoms with Crippen LogP contribution in [-0.2, 0) is 10.0 Å². The molecule has 1 aromatic carbocycles. The van der Waals surface area contributed by atoms with Gasteiger partial charge in [-0.25, -0.2) is 13.4 Å². The van der Waals surface area contributed by atoms with Gasteiger partial charge in [0.1, 0.15) is 5.84 Å². The van der Waals surface area contributed by atoms with Gasteiger partial charge in [-0.1, -0.05) is 38.6 Å². The Morgan fingerprint density at radius 3 is 2.41 bits per heavy atom. The topological polar surface area (TPSA) is 58.5 Å². The Kier molecular flexibility index (Phi) is 4.45. The minimum Gasteiger partial charge on any atom is -0.267 e. The molecule has 0 amide bonds. The summed E-state index contributed by atoms with van der Waals surface area (Å²) >= 11 is 0. The number of aliphatic imine (C=N–C) groups is 1. The number of amidine groups is 1. The van der Waals surface area contributed by atoms with E-state index in [0.717, 1.165) is 0 Å². The van der Waals surface area contributed by atoms with Gasteiger partial charge in [-0.15, -0.1) is 0 Å². The predicted molar refractivity (Wildman–Crippen MR) is 69.2 cm³/mol. The van der Waals surface area contributed by atoms with Crippen LogP contribution in [0.15, 0.2) is 53.0 Å². The largest absolute Gasteiger partial charge is 0.267 e. The Balaban J connectivity index is 3.02. The molecule has 4 nitrogen and oxygen atoms in total. The van der Waals surface area contributed by atoms with Crippen LogP contribution in [0.2, 0.25) is 0 Å². The number of nitrogens with zero attached hydrogens (tertiary/aromatic N) is 1. The highest BCUT2D eigenvalue weighted by molar-refractivity contribution is 7.90. The van der Waals surface area contributed by atoms with E-state index in [1.807, 2.05) is 13.8 Å². The molecule has 0 bridgehead atoms. The van der Waals surface area contributed by atoms with E-state index in [1.165, 1.54) is 18.3 Å². The summed E-state index contributed by atoms with van der Waals surface area (Å²) < 4.78 is 26.5. The Morgan fingerprint density at radius 2 is 1.94 bits per heavy atom. The maximum absolute atomic E-state index is 12.0. The first-order valence-electron chi connectivity index (χ1n) is 5.24. The third kappa shape index (κ3) is 3.71. The molecule has 1 N–H and O–H groups in total. The second kappa shape index (κ2) is 5.63. The van der Waals surface area contributed by atoms with Crippen LogP contribution in [0.4, 0.5) is 0 Å². The van der Waals surface area contributed by atoms with E-state index in [4.69, 9.17) is 0 Å². The fourth-order valence-corrected chi connectivity index (χ4v) is 2.38. The number of sulfonamides is 1. The molecule has 0 unspecified atom stereocenters. The summed E-state index contributed by atoms with van der Waals surface area (Å²) in [6.45, 7) is 7.18. The van der Waals surface area contributed by atoms with Crippen LogP contribution < -0.4 is 4.72 Å². The van der Waals surface area contributed by atoms with Gasteiger partial charge in [0, 0.05) is 12.1 Å². The Hall–Kier alpha value is -1.62. The van der Waals surface area contributed by atoms with E-state index < -0.39 is 10.0 Å². The molecule has 0 heterocycles. The molecule has 17 heavy (non-hydrogen) atoms. The van der Waals surface area contributed by atoms with Crippen LogP contribution in [0.1, 0.15) is 13.8 Å². The molecule has 0 atom stereocenters. The van der Waals surface area contributed by atoms with Crippen molar-refractivity contribution in [2.45, 2.75) is 18.7 Å². The first-order valence-corrected chi connectivity index (χ1v) is 6.72. The van der Waals surface area contributed by atoms with Crippen molar-refractivity contribution in [3.8, 4) is 0 Å². The van der Waals surface area contributed by atoms with Crippen molar-refractivity contribution in [3.63, 3.8) is 0 Å². The summed E-state index contributed by atoms with van der Waals surface area (Å²) in [5.74, 6) is 0.357. The molecule has 0 spiro atoms. The first kappa shape index (κ1) is 13.4. The van der Waals surface area contributed by atoms with Crippen molar-refractivity contribution >= 4 is 15.9 Å². The molecule has 1 rings (SSSR count). The normalized spacial score (nSPS) is 12.5. The summed E-state index contributed by atoms with van der Waals surface area (Å²) in [6, 6.07) is 8.19. The Labute approximate surface area is 102 Å². The smallest absolute Gasteiger partial charge is 0.262 e. The average Bonchev–Trinajstić information content (AvgIpc) is 2.29. The second-order valence-corrected chi connectivity index (χ2v) is 5.45. The van der Waals surface area contributed by atoms with Crippen molar-refractivity contribution in [2.24, 2.45) is 10.9 Å². The van der Waals surface area contributed by atoms with Gasteiger partial charge < -0.3 is 0 Å². The molecular formula is C12H16N2O2S. The quantitative estimate of drug-likeness (QED) is 0.659. The summed E-state index contributed by atoms with van der Waals surface area (Å²) in [5, 5.41) is 0. The minimum absolute atomic E-state index is 0.0218. The van der Waals surface area contributed by atoms with Gasteiger partial charge >= 0.3 is 0 Å². The van der Waals surface area contributed by atoms with Gasteiger partial charge in [-0.2, -0.15) is 0 Å². The van der Waals surface area contributed by atoms with Crippen LogP contribution >= 0.6 is 0 Å². The lowest BCUT2D eigenvalue weighted by atomic mass is 10.2. The highest BCUT2D eigenvalue weighted by Gasteiger charge is 2.17. The molecule has 0 aliphatic carbocycles. The minimum atomic E-state index is -3.56. The van der Waals surface area contributed by atoms with Gasteiger partial charge in [-0.3, -0.25) is 4.72 Å². The average molecular weight is 252 g/mol. The Bertz CT molecular complexity index is 505. The van der Waals surface area contributed by atoms with E-state index >= 15 is 0 Å². The molecule has 0 aliphatic rings. The zero-order valence-corrected chi connectivity index (χ0v) is 10.7. The van der Waals surface area contributed by atoms with Gasteiger partial charge in [0.15, 0.2) is 0 Å². The molecule has 0 aliphatic heterocycles. The fraction of sp³-hybridized carbons (Fsp3) is 0.250. The summed E-state index contributed by atoms with van der Waals surface area (Å²) in [4.78, 5) is 4.14. The maximum Gasteiger partial charge on any atom is 0.262 e. The first-order chi connectivity index (χ1) is 7.97. The number of nitrogens with one attached hydrogen (secondary N) is 1. The lowest BCUT2D eigenvalue weighted by Gasteiger charge is -2.12. The van der Waals surface area contributed by atoms with Gasteiger partial charge in [0.25, 0.3) is 10.0 Å². The van der Waals surface area contributed by atoms with E-state index in [0.29, 0.717) is 5.84 Å². The van der Waals surface area contributed by atoms with Crippen LogP contribution in [0, 0.1) is 5.92 Å². The van der Waals surface area contributed by atoms with Gasteiger partial charge in [0.05, 0.1) is 4.90 Å². The summed E-state index contributed by atoms with van der Waals surface area (Å²) in [6.07, 6.45) is 1.32. The van der Waals surface area contributed by atoms with Gasteiger partial charge in [0.2, 0.25) is 0 Å². The Morgan fingerprint density at radius 1 is 1.35 bits per heavy atom. The molecule has 0 radical (unpaired) electrons. The number of benzene rings is 1. The highest BCUT2D eigenvalue weighted by Crippen LogP contribution is 2.08. The van der Waals surface area contributed by atoms with Crippen LogP contribution in [-0.4, -0.2) is 14.3 Å². The van der Waals surface area contributed by atoms with E-state index in [1.54, 1.807) is 18.2 Å². The summed E-state index contributed by atoms with van der Waals surface area (Å²) in [5.41, 5.74) is 0. The number of rotatable bonds is 4. The zero-order valence-electron chi connectivity index (χ0n) is 9.92. The monoisotopic (exact) mass is 252 g/mol. The van der Waals surface area contributed by atoms with E-state index in [2.05, 4.69) is 16.3 Å². The van der Waals surface area contributed by atoms with Crippen molar-refractivity contribution in [1.29, 1.82) is 0 Å². The number of hydrogen-bond acceptors (Lipinski definition) is 3. The third-order valence-electron chi connectivity index (χ3n) is 2.07. The predicted octanol–water partition coefficient (Wildman–Crippen LogP) is 2.16. The van der Waals surface area contributed by atoms with Crippen LogP contribution in [0.25, 0.3) is 0 Å². The lowest BCUT2D eigenvalue weighted by molar-refractivity contribution is 0.591. The third-order valence-corrected chi connectivity index (χ3v) is 3.44. The molecule has 92 valence electrons. The van der Waals surface area contributed by atoms with E-state index in [-0.39, 0.29) is 10.8 Å². The second-order valence-electron chi connectivity index (χ2n) is 3.77. The van der Waals surface area contributed by atoms with E-state index in [9.17, 15) is 8.42 Å². The molecule has 0 saturated carbocycles. The van der Waals surface area contributed by atoms with Crippen molar-refractivity contribution in [1.82, 2.24) is 4.72 Å². The molecule has 0 saturated heterocycles. The standard InChI is InChI=1S/C12H16N2O2S/c1-4-13-12(10(2)3)14-17(15,16)11-8-6-5-7-9-11/h4-10H,1H2,2-3H3,(H,13,14). The molecule has 1 aromatic rings. The van der Waals surface area contributed by atoms with Crippen molar-refractivity contribution < 1.29 is 8.42 Å². The molecule has 5 heteroatoms. The maximum atomic E-state index is 12.0. The lowest BCUT2D eigenvalue weighted by Crippen LogP contribution is -2.33. The molecule has 0 aromatic heterocycles. The van der Waals surface area contributed by atoms with Crippen molar-refractivity contribution in [2.75, 3.05) is 0 Å². The number of hydrogen-bond donors (Lipinski definition) is 1. The SMILES string of the molecule is C=C/N=C(/NS(=O)(=O)c1ccccc1)C(C)C. The van der Waals surface area contributed by atoms with Crippen molar-refractivity contribution in [3.05, 3.63) is 43.1 Å². The highest BCUT2D eigenvalue weighted by atomic mass is 32.2. The van der Waals surface area contributed by atoms with Gasteiger partial charge in [-0.05, 0) is 12.1 Å². The fourth-order valence-electron chi connectivity index (χ4n) is 1.19. The van der Waals surface area contributed by atoms with Crippen LogP contribution in [0.3, 0.4) is 0 Å². The zero-order chi connectivity index (χ0) is 12.9. The summed E-state index contributed by atoms with van der Waals surface area (Å²) in [7, 11) is -3.56. The molecular weight excluding hydrogens is 236 g/mol. The molecule has 0 fully saturated rings.